The summed E-state index contributed by atoms with van der Waals surface area (Å²) in [7, 11) is 0. The topological polar surface area (TPSA) is 108 Å². The van der Waals surface area contributed by atoms with Gasteiger partial charge in [-0.2, -0.15) is 0 Å². The minimum absolute atomic E-state index is 0.110. The number of amides is 3. The molecule has 3 N–H and O–H groups in total. The van der Waals surface area contributed by atoms with Gasteiger partial charge in [0.1, 0.15) is 23.4 Å². The summed E-state index contributed by atoms with van der Waals surface area (Å²) in [4.78, 5) is 42.3. The van der Waals surface area contributed by atoms with E-state index in [1.165, 1.54) is 6.07 Å². The van der Waals surface area contributed by atoms with Crippen LogP contribution in [0.1, 0.15) is 99.2 Å². The van der Waals surface area contributed by atoms with E-state index in [0.717, 1.165) is 0 Å². The summed E-state index contributed by atoms with van der Waals surface area (Å²) in [6.07, 6.45) is 0.522. The number of aromatic hydroxyl groups is 1. The summed E-state index contributed by atoms with van der Waals surface area (Å²) >= 11 is 0. The normalized spacial score (nSPS) is 14.6. The zero-order valence-electron chi connectivity index (χ0n) is 24.0. The summed E-state index contributed by atoms with van der Waals surface area (Å²) in [5.74, 6) is -0.796. The van der Waals surface area contributed by atoms with Crippen LogP contribution in [0.5, 0.6) is 5.75 Å². The Labute approximate surface area is 217 Å². The average Bonchev–Trinajstić information content (AvgIpc) is 2.74. The zero-order valence-corrected chi connectivity index (χ0v) is 24.0. The number of phenols is 1. The number of nitrogens with zero attached hydrogens (tertiary/aromatic N) is 1. The zero-order chi connectivity index (χ0) is 28.0. The van der Waals surface area contributed by atoms with Crippen LogP contribution in [0.3, 0.4) is 0 Å². The molecule has 0 saturated carbocycles. The number of rotatable bonds is 10. The minimum atomic E-state index is -0.971. The van der Waals surface area contributed by atoms with Gasteiger partial charge in [-0.05, 0) is 91.0 Å². The van der Waals surface area contributed by atoms with Crippen LogP contribution in [-0.2, 0) is 14.3 Å². The molecule has 0 spiro atoms. The van der Waals surface area contributed by atoms with Crippen LogP contribution < -0.4 is 10.6 Å². The SMILES string of the molecule is CCC(C)C(NC(=O)OC(C)(C)C)C(=O)N(C(C(=O)NC(C)C)c1ccc(O)c(C)c1)C(C)(C)CC. The van der Waals surface area contributed by atoms with Crippen molar-refractivity contribution < 1.29 is 24.2 Å². The number of carbonyl (C=O) groups excluding carboxylic acids is 3. The van der Waals surface area contributed by atoms with E-state index < -0.39 is 29.3 Å². The molecule has 0 bridgehead atoms. The second-order valence-corrected chi connectivity index (χ2v) is 11.5. The fourth-order valence-electron chi connectivity index (χ4n) is 3.84. The van der Waals surface area contributed by atoms with Gasteiger partial charge in [0.25, 0.3) is 0 Å². The molecule has 1 aromatic carbocycles. The lowest BCUT2D eigenvalue weighted by Gasteiger charge is -2.45. The van der Waals surface area contributed by atoms with Gasteiger partial charge < -0.3 is 25.4 Å². The van der Waals surface area contributed by atoms with Crippen molar-refractivity contribution in [1.82, 2.24) is 15.5 Å². The van der Waals surface area contributed by atoms with E-state index in [4.69, 9.17) is 4.74 Å². The first-order chi connectivity index (χ1) is 16.4. The van der Waals surface area contributed by atoms with Crippen molar-refractivity contribution in [3.8, 4) is 5.75 Å². The molecule has 8 nitrogen and oxygen atoms in total. The maximum Gasteiger partial charge on any atom is 0.408 e. The van der Waals surface area contributed by atoms with E-state index >= 15 is 0 Å². The van der Waals surface area contributed by atoms with E-state index in [2.05, 4.69) is 10.6 Å². The second kappa shape index (κ2) is 12.5. The highest BCUT2D eigenvalue weighted by Gasteiger charge is 2.44. The van der Waals surface area contributed by atoms with Gasteiger partial charge in [-0.15, -0.1) is 0 Å². The molecular formula is C28H47N3O5. The first-order valence-electron chi connectivity index (χ1n) is 12.9. The Morgan fingerprint density at radius 3 is 2.06 bits per heavy atom. The molecule has 0 aliphatic heterocycles. The third-order valence-electron chi connectivity index (χ3n) is 6.38. The molecule has 0 radical (unpaired) electrons. The predicted octanol–water partition coefficient (Wildman–Crippen LogP) is 5.22. The minimum Gasteiger partial charge on any atom is -0.508 e. The molecule has 0 aliphatic rings. The van der Waals surface area contributed by atoms with Crippen molar-refractivity contribution in [2.75, 3.05) is 0 Å². The highest BCUT2D eigenvalue weighted by molar-refractivity contribution is 5.93. The van der Waals surface area contributed by atoms with Gasteiger partial charge >= 0.3 is 6.09 Å². The summed E-state index contributed by atoms with van der Waals surface area (Å²) in [5, 5.41) is 15.8. The maximum atomic E-state index is 14.3. The van der Waals surface area contributed by atoms with Crippen LogP contribution >= 0.6 is 0 Å². The van der Waals surface area contributed by atoms with Gasteiger partial charge in [0.2, 0.25) is 11.8 Å². The van der Waals surface area contributed by atoms with Gasteiger partial charge in [0.05, 0.1) is 0 Å². The number of ether oxygens (including phenoxy) is 1. The van der Waals surface area contributed by atoms with E-state index in [0.29, 0.717) is 24.0 Å². The highest BCUT2D eigenvalue weighted by Crippen LogP contribution is 2.34. The Morgan fingerprint density at radius 1 is 1.03 bits per heavy atom. The number of phenolic OH excluding ortho intramolecular Hbond substituents is 1. The van der Waals surface area contributed by atoms with Crippen LogP contribution in [0.2, 0.25) is 0 Å². The van der Waals surface area contributed by atoms with Crippen molar-refractivity contribution in [1.29, 1.82) is 0 Å². The maximum absolute atomic E-state index is 14.3. The molecule has 0 aromatic heterocycles. The number of aryl methyl sites for hydroxylation is 1. The lowest BCUT2D eigenvalue weighted by atomic mass is 9.89. The Bertz CT molecular complexity index is 920. The van der Waals surface area contributed by atoms with Gasteiger partial charge in [-0.25, -0.2) is 4.79 Å². The third kappa shape index (κ3) is 8.42. The Balaban J connectivity index is 3.72. The molecule has 3 unspecified atom stereocenters. The molecule has 0 aliphatic carbocycles. The number of carbonyl (C=O) groups is 3. The van der Waals surface area contributed by atoms with E-state index in [9.17, 15) is 19.5 Å². The first kappa shape index (κ1) is 31.3. The molecule has 3 amide bonds. The van der Waals surface area contributed by atoms with Crippen molar-refractivity contribution in [3.05, 3.63) is 29.3 Å². The monoisotopic (exact) mass is 505 g/mol. The average molecular weight is 506 g/mol. The van der Waals surface area contributed by atoms with Gasteiger partial charge in [-0.1, -0.05) is 33.3 Å². The van der Waals surface area contributed by atoms with Crippen LogP contribution in [-0.4, -0.2) is 51.1 Å². The summed E-state index contributed by atoms with van der Waals surface area (Å²) < 4.78 is 5.45. The van der Waals surface area contributed by atoms with Gasteiger partial charge in [0, 0.05) is 11.6 Å². The number of alkyl carbamates (subject to hydrolysis) is 1. The second-order valence-electron chi connectivity index (χ2n) is 11.5. The van der Waals surface area contributed by atoms with Crippen molar-refractivity contribution in [3.63, 3.8) is 0 Å². The van der Waals surface area contributed by atoms with E-state index in [1.807, 2.05) is 48.5 Å². The van der Waals surface area contributed by atoms with Crippen LogP contribution in [0.4, 0.5) is 4.79 Å². The van der Waals surface area contributed by atoms with Gasteiger partial charge in [-0.3, -0.25) is 9.59 Å². The molecule has 3 atom stereocenters. The fraction of sp³-hybridized carbons (Fsp3) is 0.679. The quantitative estimate of drug-likeness (QED) is 0.404. The lowest BCUT2D eigenvalue weighted by molar-refractivity contribution is -0.150. The summed E-state index contributed by atoms with van der Waals surface area (Å²) in [5.41, 5.74) is -0.275. The Morgan fingerprint density at radius 2 is 1.61 bits per heavy atom. The van der Waals surface area contributed by atoms with Gasteiger partial charge in [0.15, 0.2) is 0 Å². The predicted molar refractivity (Wildman–Crippen MR) is 143 cm³/mol. The standard InChI is InChI=1S/C28H47N3O5/c1-12-18(5)22(30-26(35)36-27(7,8)9)25(34)31(28(10,11)13-2)23(24(33)29-17(3)4)20-14-15-21(32)19(6)16-20/h14-18,22-23,32H,12-13H2,1-11H3,(H,29,33)(H,30,35). The molecular weight excluding hydrogens is 458 g/mol. The van der Waals surface area contributed by atoms with Crippen LogP contribution in [0.25, 0.3) is 0 Å². The molecule has 0 fully saturated rings. The number of nitrogens with one attached hydrogen (secondary N) is 2. The van der Waals surface area contributed by atoms with E-state index in [1.54, 1.807) is 44.7 Å². The van der Waals surface area contributed by atoms with Crippen LogP contribution in [0, 0.1) is 12.8 Å². The molecule has 8 heteroatoms. The largest absolute Gasteiger partial charge is 0.508 e. The Hall–Kier alpha value is -2.77. The molecule has 204 valence electrons. The number of hydrogen-bond acceptors (Lipinski definition) is 5. The number of benzene rings is 1. The highest BCUT2D eigenvalue weighted by atomic mass is 16.6. The first-order valence-corrected chi connectivity index (χ1v) is 12.9. The molecule has 0 saturated heterocycles. The smallest absolute Gasteiger partial charge is 0.408 e. The molecule has 1 rings (SSSR count). The molecule has 0 heterocycles. The summed E-state index contributed by atoms with van der Waals surface area (Å²) in [6.45, 7) is 20.4. The fourth-order valence-corrected chi connectivity index (χ4v) is 3.84. The number of hydrogen-bond donors (Lipinski definition) is 3. The van der Waals surface area contributed by atoms with Crippen LogP contribution in [0.15, 0.2) is 18.2 Å². The molecule has 36 heavy (non-hydrogen) atoms. The van der Waals surface area contributed by atoms with E-state index in [-0.39, 0.29) is 29.5 Å². The summed E-state index contributed by atoms with van der Waals surface area (Å²) in [6, 6.07) is 2.91. The van der Waals surface area contributed by atoms with Crippen molar-refractivity contribution in [2.24, 2.45) is 5.92 Å². The van der Waals surface area contributed by atoms with Crippen molar-refractivity contribution >= 4 is 17.9 Å². The van der Waals surface area contributed by atoms with Crippen molar-refractivity contribution in [2.45, 2.75) is 118 Å². The Kier molecular flexibility index (Phi) is 10.8. The molecule has 1 aromatic rings. The lowest BCUT2D eigenvalue weighted by Crippen LogP contribution is -2.61. The third-order valence-corrected chi connectivity index (χ3v) is 6.38.